The van der Waals surface area contributed by atoms with Crippen LogP contribution in [-0.2, 0) is 24.2 Å². The number of carbonyl (C=O) groups excluding carboxylic acids is 1. The molecule has 0 aromatic carbocycles. The maximum atomic E-state index is 12.1. The molecule has 0 aliphatic rings. The van der Waals surface area contributed by atoms with Gasteiger partial charge in [-0.05, 0) is 51.3 Å². The third kappa shape index (κ3) is 3.92. The quantitative estimate of drug-likeness (QED) is 0.630. The third-order valence-corrected chi connectivity index (χ3v) is 4.72. The third-order valence-electron chi connectivity index (χ3n) is 4.72. The molecule has 0 unspecified atom stereocenters. The lowest BCUT2D eigenvalue weighted by Gasteiger charge is -2.06. The van der Waals surface area contributed by atoms with Gasteiger partial charge in [-0.2, -0.15) is 5.10 Å². The number of hydrogen-bond acceptors (Lipinski definition) is 4. The summed E-state index contributed by atoms with van der Waals surface area (Å²) in [5.74, 6) is 1.01. The molecule has 7 heteroatoms. The molecule has 26 heavy (non-hydrogen) atoms. The van der Waals surface area contributed by atoms with Crippen LogP contribution in [0.4, 0.5) is 0 Å². The lowest BCUT2D eigenvalue weighted by molar-refractivity contribution is -0.121. The van der Waals surface area contributed by atoms with Crippen LogP contribution in [0.15, 0.2) is 24.4 Å². The molecule has 138 valence electrons. The van der Waals surface area contributed by atoms with E-state index in [1.165, 1.54) is 5.56 Å². The first-order chi connectivity index (χ1) is 12.6. The van der Waals surface area contributed by atoms with Crippen LogP contribution < -0.4 is 5.32 Å². The van der Waals surface area contributed by atoms with Gasteiger partial charge < -0.3 is 5.32 Å². The van der Waals surface area contributed by atoms with Gasteiger partial charge in [-0.1, -0.05) is 6.07 Å². The summed E-state index contributed by atoms with van der Waals surface area (Å²) in [7, 11) is 0. The van der Waals surface area contributed by atoms with E-state index in [2.05, 4.69) is 34.5 Å². The van der Waals surface area contributed by atoms with Crippen LogP contribution in [-0.4, -0.2) is 36.8 Å². The Morgan fingerprint density at radius 2 is 2.04 bits per heavy atom. The lowest BCUT2D eigenvalue weighted by atomic mass is 10.1. The van der Waals surface area contributed by atoms with Gasteiger partial charge in [0.2, 0.25) is 5.91 Å². The average molecular weight is 354 g/mol. The fourth-order valence-corrected chi connectivity index (χ4v) is 3.27. The molecule has 0 bridgehead atoms. The average Bonchev–Trinajstić information content (AvgIpc) is 3.18. The predicted octanol–water partition coefficient (Wildman–Crippen LogP) is 2.24. The van der Waals surface area contributed by atoms with Crippen LogP contribution in [0, 0.1) is 13.8 Å². The topological polar surface area (TPSA) is 77.1 Å². The van der Waals surface area contributed by atoms with E-state index in [-0.39, 0.29) is 5.91 Å². The largest absolute Gasteiger partial charge is 0.356 e. The number of carbonyl (C=O) groups is 1. The Bertz CT molecular complexity index is 895. The molecule has 7 nitrogen and oxygen atoms in total. The van der Waals surface area contributed by atoms with Crippen molar-refractivity contribution >= 4 is 11.6 Å². The number of aryl methyl sites for hydroxylation is 3. The van der Waals surface area contributed by atoms with E-state index in [0.29, 0.717) is 13.0 Å². The van der Waals surface area contributed by atoms with Crippen LogP contribution in [0.1, 0.15) is 42.5 Å². The minimum atomic E-state index is 0.0825. The number of fused-ring (bicyclic) bond motifs is 1. The van der Waals surface area contributed by atoms with Crippen molar-refractivity contribution in [2.45, 2.75) is 53.0 Å². The Balaban J connectivity index is 1.43. The van der Waals surface area contributed by atoms with E-state index in [1.807, 2.05) is 40.4 Å². The summed E-state index contributed by atoms with van der Waals surface area (Å²) < 4.78 is 3.98. The van der Waals surface area contributed by atoms with Crippen LogP contribution in [0.5, 0.6) is 0 Å². The summed E-state index contributed by atoms with van der Waals surface area (Å²) in [6, 6.07) is 5.84. The van der Waals surface area contributed by atoms with Gasteiger partial charge in [0.1, 0.15) is 5.82 Å². The van der Waals surface area contributed by atoms with E-state index in [1.54, 1.807) is 0 Å². The highest BCUT2D eigenvalue weighted by atomic mass is 16.1. The van der Waals surface area contributed by atoms with Crippen molar-refractivity contribution < 1.29 is 4.79 Å². The summed E-state index contributed by atoms with van der Waals surface area (Å²) >= 11 is 0. The Kier molecular flexibility index (Phi) is 5.65. The zero-order chi connectivity index (χ0) is 18.5. The zero-order valence-corrected chi connectivity index (χ0v) is 15.7. The molecular formula is C19H26N6O. The van der Waals surface area contributed by atoms with Crippen LogP contribution >= 0.6 is 0 Å². The first-order valence-electron chi connectivity index (χ1n) is 9.18. The van der Waals surface area contributed by atoms with Gasteiger partial charge in [-0.15, -0.1) is 10.2 Å². The SMILES string of the molecule is CCn1nc(C)c(CCC(=O)NCCCc2nnc3ccccn23)c1C. The van der Waals surface area contributed by atoms with E-state index in [4.69, 9.17) is 0 Å². The first kappa shape index (κ1) is 18.1. The smallest absolute Gasteiger partial charge is 0.220 e. The summed E-state index contributed by atoms with van der Waals surface area (Å²) in [4.78, 5) is 12.1. The molecule has 3 aromatic rings. The van der Waals surface area contributed by atoms with Crippen molar-refractivity contribution in [2.75, 3.05) is 6.54 Å². The van der Waals surface area contributed by atoms with Crippen molar-refractivity contribution in [3.63, 3.8) is 0 Å². The minimum absolute atomic E-state index is 0.0825. The summed E-state index contributed by atoms with van der Waals surface area (Å²) in [6.07, 6.45) is 4.81. The number of nitrogens with one attached hydrogen (secondary N) is 1. The Morgan fingerprint density at radius 1 is 1.19 bits per heavy atom. The molecular weight excluding hydrogens is 328 g/mol. The molecule has 3 heterocycles. The second-order valence-corrected chi connectivity index (χ2v) is 6.46. The Morgan fingerprint density at radius 3 is 2.81 bits per heavy atom. The molecule has 0 atom stereocenters. The molecule has 3 rings (SSSR count). The number of rotatable bonds is 8. The van der Waals surface area contributed by atoms with Crippen molar-refractivity contribution in [1.29, 1.82) is 0 Å². The maximum absolute atomic E-state index is 12.1. The molecule has 0 saturated heterocycles. The van der Waals surface area contributed by atoms with Gasteiger partial charge in [-0.25, -0.2) is 0 Å². The summed E-state index contributed by atoms with van der Waals surface area (Å²) in [5, 5.41) is 15.9. The number of aromatic nitrogens is 5. The number of amides is 1. The molecule has 0 radical (unpaired) electrons. The zero-order valence-electron chi connectivity index (χ0n) is 15.7. The number of nitrogens with zero attached hydrogens (tertiary/aromatic N) is 5. The molecule has 0 fully saturated rings. The highest BCUT2D eigenvalue weighted by molar-refractivity contribution is 5.76. The molecule has 0 spiro atoms. The summed E-state index contributed by atoms with van der Waals surface area (Å²) in [5.41, 5.74) is 4.23. The molecule has 0 aliphatic heterocycles. The van der Waals surface area contributed by atoms with Gasteiger partial charge in [0, 0.05) is 37.8 Å². The number of hydrogen-bond donors (Lipinski definition) is 1. The monoisotopic (exact) mass is 354 g/mol. The fraction of sp³-hybridized carbons (Fsp3) is 0.474. The Labute approximate surface area is 153 Å². The highest BCUT2D eigenvalue weighted by Crippen LogP contribution is 2.15. The molecule has 1 amide bonds. The second-order valence-electron chi connectivity index (χ2n) is 6.46. The molecule has 1 N–H and O–H groups in total. The molecule has 3 aromatic heterocycles. The van der Waals surface area contributed by atoms with E-state index < -0.39 is 0 Å². The van der Waals surface area contributed by atoms with Crippen molar-refractivity contribution in [2.24, 2.45) is 0 Å². The van der Waals surface area contributed by atoms with Crippen molar-refractivity contribution in [3.8, 4) is 0 Å². The van der Waals surface area contributed by atoms with Gasteiger partial charge in [0.15, 0.2) is 5.65 Å². The molecule has 0 saturated carbocycles. The van der Waals surface area contributed by atoms with Crippen molar-refractivity contribution in [3.05, 3.63) is 47.2 Å². The van der Waals surface area contributed by atoms with Crippen LogP contribution in [0.25, 0.3) is 5.65 Å². The summed E-state index contributed by atoms with van der Waals surface area (Å²) in [6.45, 7) is 7.66. The maximum Gasteiger partial charge on any atom is 0.220 e. The van der Waals surface area contributed by atoms with Gasteiger partial charge in [0.05, 0.1) is 5.69 Å². The van der Waals surface area contributed by atoms with Crippen molar-refractivity contribution in [1.82, 2.24) is 29.7 Å². The predicted molar refractivity (Wildman–Crippen MR) is 100 cm³/mol. The molecule has 0 aliphatic carbocycles. The van der Waals surface area contributed by atoms with E-state index in [0.717, 1.165) is 48.7 Å². The van der Waals surface area contributed by atoms with Crippen LogP contribution in [0.3, 0.4) is 0 Å². The fourth-order valence-electron chi connectivity index (χ4n) is 3.27. The van der Waals surface area contributed by atoms with Gasteiger partial charge in [-0.3, -0.25) is 13.9 Å². The van der Waals surface area contributed by atoms with Crippen LogP contribution in [0.2, 0.25) is 0 Å². The van der Waals surface area contributed by atoms with E-state index in [9.17, 15) is 4.79 Å². The second kappa shape index (κ2) is 8.12. The Hall–Kier alpha value is -2.70. The highest BCUT2D eigenvalue weighted by Gasteiger charge is 2.12. The standard InChI is InChI=1S/C19H26N6O/c1-4-25-15(3)16(14(2)23-25)10-11-19(26)20-12-7-9-18-22-21-17-8-5-6-13-24(17)18/h5-6,8,13H,4,7,9-12H2,1-3H3,(H,20,26). The van der Waals surface area contributed by atoms with E-state index >= 15 is 0 Å². The normalized spacial score (nSPS) is 11.2. The lowest BCUT2D eigenvalue weighted by Crippen LogP contribution is -2.25. The van der Waals surface area contributed by atoms with Gasteiger partial charge in [0.25, 0.3) is 0 Å². The minimum Gasteiger partial charge on any atom is -0.356 e. The van der Waals surface area contributed by atoms with Gasteiger partial charge >= 0.3 is 0 Å². The first-order valence-corrected chi connectivity index (χ1v) is 9.18. The number of pyridine rings is 1.